The lowest BCUT2D eigenvalue weighted by Gasteiger charge is -2.04. The molecule has 0 fully saturated rings. The van der Waals surface area contributed by atoms with Crippen LogP contribution in [0.1, 0.15) is 11.1 Å². The Morgan fingerprint density at radius 2 is 1.67 bits per heavy atom. The van der Waals surface area contributed by atoms with Gasteiger partial charge in [0.05, 0.1) is 5.75 Å². The van der Waals surface area contributed by atoms with E-state index in [1.807, 2.05) is 54.6 Å². The smallest absolute Gasteiger partial charge is 0.203 e. The molecule has 0 aliphatic heterocycles. The summed E-state index contributed by atoms with van der Waals surface area (Å²) in [4.78, 5) is 4.48. The van der Waals surface area contributed by atoms with Crippen molar-refractivity contribution in [3.63, 3.8) is 0 Å². The largest absolute Gasteiger partial charge is 0.356 e. The van der Waals surface area contributed by atoms with E-state index in [-0.39, 0.29) is 5.75 Å². The van der Waals surface area contributed by atoms with Gasteiger partial charge in [-0.1, -0.05) is 54.6 Å². The molecule has 3 aromatic rings. The lowest BCUT2D eigenvalue weighted by molar-refractivity contribution is 0.601. The molecule has 0 bridgehead atoms. The van der Waals surface area contributed by atoms with E-state index >= 15 is 0 Å². The monoisotopic (exact) mass is 359 g/mol. The first-order valence-corrected chi connectivity index (χ1v) is 10.2. The van der Waals surface area contributed by atoms with Crippen LogP contribution in [0.4, 0.5) is 5.13 Å². The average molecular weight is 359 g/mol. The van der Waals surface area contributed by atoms with Gasteiger partial charge in [-0.05, 0) is 11.1 Å². The number of hydrogen-bond acceptors (Lipinski definition) is 6. The van der Waals surface area contributed by atoms with Crippen LogP contribution in [0.5, 0.6) is 0 Å². The molecule has 0 aliphatic carbocycles. The number of sulfone groups is 1. The van der Waals surface area contributed by atoms with Crippen molar-refractivity contribution in [3.05, 3.63) is 65.7 Å². The Hall–Kier alpha value is -2.25. The fourth-order valence-corrected chi connectivity index (χ4v) is 3.61. The standard InChI is InChI=1S/C17H17N3O2S2/c1-24(21,22)12-14-9-7-13(8-10-14)11-18-17-19-16(20-23-17)15-5-3-2-4-6-15/h2-10H,11-12H2,1H3,(H,18,19,20). The minimum absolute atomic E-state index is 0.0670. The number of benzene rings is 2. The second-order valence-electron chi connectivity index (χ2n) is 5.53. The molecule has 0 saturated heterocycles. The van der Waals surface area contributed by atoms with Crippen LogP contribution in [0.2, 0.25) is 0 Å². The molecule has 7 heteroatoms. The molecular formula is C17H17N3O2S2. The van der Waals surface area contributed by atoms with Crippen molar-refractivity contribution in [2.75, 3.05) is 11.6 Å². The summed E-state index contributed by atoms with van der Waals surface area (Å²) in [5.74, 6) is 0.781. The Kier molecular flexibility index (Phi) is 4.92. The average Bonchev–Trinajstić information content (AvgIpc) is 3.03. The molecule has 0 spiro atoms. The summed E-state index contributed by atoms with van der Waals surface area (Å²) in [6.45, 7) is 0.614. The van der Waals surface area contributed by atoms with E-state index in [1.165, 1.54) is 17.8 Å². The number of nitrogens with zero attached hydrogens (tertiary/aromatic N) is 2. The van der Waals surface area contributed by atoms with E-state index in [0.717, 1.165) is 21.8 Å². The third-order valence-corrected chi connectivity index (χ3v) is 4.88. The summed E-state index contributed by atoms with van der Waals surface area (Å²) >= 11 is 1.32. The zero-order valence-electron chi connectivity index (χ0n) is 13.1. The van der Waals surface area contributed by atoms with Crippen molar-refractivity contribution >= 4 is 26.5 Å². The van der Waals surface area contributed by atoms with Gasteiger partial charge in [-0.2, -0.15) is 9.36 Å². The van der Waals surface area contributed by atoms with Crippen molar-refractivity contribution in [2.45, 2.75) is 12.3 Å². The van der Waals surface area contributed by atoms with E-state index in [4.69, 9.17) is 0 Å². The fraction of sp³-hybridized carbons (Fsp3) is 0.176. The molecule has 1 N–H and O–H groups in total. The highest BCUT2D eigenvalue weighted by molar-refractivity contribution is 7.89. The minimum atomic E-state index is -3.00. The Labute approximate surface area is 145 Å². The van der Waals surface area contributed by atoms with E-state index in [0.29, 0.717) is 12.4 Å². The Bertz CT molecular complexity index is 905. The SMILES string of the molecule is CS(=O)(=O)Cc1ccc(CNc2nc(-c3ccccc3)ns2)cc1. The summed E-state index contributed by atoms with van der Waals surface area (Å²) in [6, 6.07) is 17.4. The van der Waals surface area contributed by atoms with E-state index in [2.05, 4.69) is 14.7 Å². The van der Waals surface area contributed by atoms with Crippen molar-refractivity contribution in [1.82, 2.24) is 9.36 Å². The van der Waals surface area contributed by atoms with Crippen molar-refractivity contribution in [2.24, 2.45) is 0 Å². The van der Waals surface area contributed by atoms with Crippen LogP contribution < -0.4 is 5.32 Å². The van der Waals surface area contributed by atoms with Crippen LogP contribution in [-0.4, -0.2) is 24.0 Å². The van der Waals surface area contributed by atoms with E-state index in [1.54, 1.807) is 0 Å². The molecule has 124 valence electrons. The lowest BCUT2D eigenvalue weighted by Crippen LogP contribution is -2.02. The van der Waals surface area contributed by atoms with Crippen molar-refractivity contribution < 1.29 is 8.42 Å². The summed E-state index contributed by atoms with van der Waals surface area (Å²) in [5, 5.41) is 4.00. The summed E-state index contributed by atoms with van der Waals surface area (Å²) < 4.78 is 26.9. The van der Waals surface area contributed by atoms with Crippen LogP contribution in [0.25, 0.3) is 11.4 Å². The van der Waals surface area contributed by atoms with Crippen LogP contribution in [0, 0.1) is 0 Å². The number of anilines is 1. The van der Waals surface area contributed by atoms with Gasteiger partial charge in [0.2, 0.25) is 5.13 Å². The predicted molar refractivity (Wildman–Crippen MR) is 97.7 cm³/mol. The number of aromatic nitrogens is 2. The van der Waals surface area contributed by atoms with Crippen molar-refractivity contribution in [3.8, 4) is 11.4 Å². The zero-order chi connectivity index (χ0) is 17.0. The molecule has 0 unspecified atom stereocenters. The van der Waals surface area contributed by atoms with Gasteiger partial charge in [-0.3, -0.25) is 0 Å². The van der Waals surface area contributed by atoms with E-state index < -0.39 is 9.84 Å². The Balaban J connectivity index is 1.61. The highest BCUT2D eigenvalue weighted by atomic mass is 32.2. The maximum atomic E-state index is 11.3. The maximum absolute atomic E-state index is 11.3. The van der Waals surface area contributed by atoms with Gasteiger partial charge in [0.1, 0.15) is 0 Å². The molecule has 24 heavy (non-hydrogen) atoms. The topological polar surface area (TPSA) is 72.0 Å². The number of hydrogen-bond donors (Lipinski definition) is 1. The summed E-state index contributed by atoms with van der Waals surface area (Å²) in [6.07, 6.45) is 1.24. The van der Waals surface area contributed by atoms with Crippen LogP contribution in [-0.2, 0) is 22.1 Å². The normalized spacial score (nSPS) is 11.4. The van der Waals surface area contributed by atoms with Gasteiger partial charge in [0, 0.05) is 29.9 Å². The van der Waals surface area contributed by atoms with Gasteiger partial charge in [0.15, 0.2) is 15.7 Å². The van der Waals surface area contributed by atoms with Crippen molar-refractivity contribution in [1.29, 1.82) is 0 Å². The fourth-order valence-electron chi connectivity index (χ4n) is 2.23. The molecule has 5 nitrogen and oxygen atoms in total. The number of nitrogens with one attached hydrogen (secondary N) is 1. The molecule has 3 rings (SSSR count). The highest BCUT2D eigenvalue weighted by Gasteiger charge is 2.07. The van der Waals surface area contributed by atoms with Gasteiger partial charge >= 0.3 is 0 Å². The highest BCUT2D eigenvalue weighted by Crippen LogP contribution is 2.21. The van der Waals surface area contributed by atoms with Crippen LogP contribution in [0.3, 0.4) is 0 Å². The van der Waals surface area contributed by atoms with Gasteiger partial charge in [-0.15, -0.1) is 0 Å². The maximum Gasteiger partial charge on any atom is 0.203 e. The molecule has 1 heterocycles. The second-order valence-corrected chi connectivity index (χ2v) is 8.42. The third-order valence-electron chi connectivity index (χ3n) is 3.35. The minimum Gasteiger partial charge on any atom is -0.356 e. The first-order chi connectivity index (χ1) is 11.5. The molecule has 0 aliphatic rings. The first-order valence-electron chi connectivity index (χ1n) is 7.38. The van der Waals surface area contributed by atoms with Gasteiger partial charge in [-0.25, -0.2) is 8.42 Å². The lowest BCUT2D eigenvalue weighted by atomic mass is 10.1. The third kappa shape index (κ3) is 4.62. The van der Waals surface area contributed by atoms with Crippen LogP contribution in [0.15, 0.2) is 54.6 Å². The summed E-state index contributed by atoms with van der Waals surface area (Å²) in [5.41, 5.74) is 2.85. The van der Waals surface area contributed by atoms with Gasteiger partial charge < -0.3 is 5.32 Å². The van der Waals surface area contributed by atoms with E-state index in [9.17, 15) is 8.42 Å². The molecular weight excluding hydrogens is 342 g/mol. The Morgan fingerprint density at radius 3 is 2.33 bits per heavy atom. The first kappa shape index (κ1) is 16.6. The molecule has 0 saturated carbocycles. The second kappa shape index (κ2) is 7.11. The Morgan fingerprint density at radius 1 is 1.00 bits per heavy atom. The molecule has 2 aromatic carbocycles. The quantitative estimate of drug-likeness (QED) is 0.731. The van der Waals surface area contributed by atoms with Gasteiger partial charge in [0.25, 0.3) is 0 Å². The number of rotatable bonds is 6. The predicted octanol–water partition coefficient (Wildman–Crippen LogP) is 3.36. The summed E-state index contributed by atoms with van der Waals surface area (Å²) in [7, 11) is -3.00. The molecule has 0 amide bonds. The molecule has 0 atom stereocenters. The van der Waals surface area contributed by atoms with Crippen LogP contribution >= 0.6 is 11.5 Å². The molecule has 1 aromatic heterocycles. The zero-order valence-corrected chi connectivity index (χ0v) is 14.8. The molecule has 0 radical (unpaired) electrons.